The number of aromatic nitrogens is 2. The fourth-order valence-corrected chi connectivity index (χ4v) is 2.09. The lowest BCUT2D eigenvalue weighted by Crippen LogP contribution is -2.27. The van der Waals surface area contributed by atoms with E-state index in [-0.39, 0.29) is 5.69 Å². The summed E-state index contributed by atoms with van der Waals surface area (Å²) in [6.45, 7) is 4.86. The molecule has 1 aromatic heterocycles. The monoisotopic (exact) mass is 233 g/mol. The molecule has 4 heteroatoms. The second-order valence-corrected chi connectivity index (χ2v) is 4.40. The van der Waals surface area contributed by atoms with Crippen molar-refractivity contribution < 1.29 is 0 Å². The first-order chi connectivity index (χ1) is 8.22. The van der Waals surface area contributed by atoms with Crippen LogP contribution in [0.4, 0.5) is 0 Å². The van der Waals surface area contributed by atoms with Gasteiger partial charge in [-0.2, -0.15) is 0 Å². The van der Waals surface area contributed by atoms with Crippen LogP contribution >= 0.6 is 0 Å². The smallest absolute Gasteiger partial charge is 0.306 e. The number of fused-ring (bicyclic) bond motifs is 1. The van der Waals surface area contributed by atoms with Crippen LogP contribution < -0.4 is 5.69 Å². The second kappa shape index (κ2) is 5.19. The molecular weight excluding hydrogens is 214 g/mol. The molecule has 1 N–H and O–H groups in total. The Morgan fingerprint density at radius 1 is 1.29 bits per heavy atom. The third-order valence-corrected chi connectivity index (χ3v) is 2.99. The van der Waals surface area contributed by atoms with Gasteiger partial charge in [-0.05, 0) is 32.1 Å². The predicted octanol–water partition coefficient (Wildman–Crippen LogP) is 1.67. The van der Waals surface area contributed by atoms with Gasteiger partial charge in [-0.3, -0.25) is 4.57 Å². The van der Waals surface area contributed by atoms with E-state index in [1.165, 1.54) is 0 Å². The van der Waals surface area contributed by atoms with Crippen LogP contribution in [0.3, 0.4) is 0 Å². The second-order valence-electron chi connectivity index (χ2n) is 4.40. The van der Waals surface area contributed by atoms with Gasteiger partial charge < -0.3 is 9.88 Å². The number of likely N-dealkylation sites (N-methyl/N-ethyl adjacent to an activating group) is 1. The fraction of sp³-hybridized carbons (Fsp3) is 0.462. The lowest BCUT2D eigenvalue weighted by molar-refractivity contribution is 0.319. The number of nitrogens with zero attached hydrogens (tertiary/aromatic N) is 2. The molecule has 0 spiro atoms. The SMILES string of the molecule is CCCN(C)CCn1c(=O)[nH]c2ccccc21. The minimum absolute atomic E-state index is 0.0175. The zero-order chi connectivity index (χ0) is 12.3. The molecule has 0 aliphatic rings. The largest absolute Gasteiger partial charge is 0.326 e. The standard InChI is InChI=1S/C13H19N3O/c1-3-8-15(2)9-10-16-12-7-5-4-6-11(12)14-13(16)17/h4-7H,3,8-10H2,1-2H3,(H,14,17). The number of benzene rings is 1. The molecule has 0 atom stereocenters. The Hall–Kier alpha value is -1.55. The van der Waals surface area contributed by atoms with Crippen LogP contribution in [0.15, 0.2) is 29.1 Å². The minimum Gasteiger partial charge on any atom is -0.306 e. The van der Waals surface area contributed by atoms with E-state index in [0.29, 0.717) is 0 Å². The summed E-state index contributed by atoms with van der Waals surface area (Å²) in [4.78, 5) is 16.9. The molecule has 1 aromatic carbocycles. The molecule has 0 saturated heterocycles. The highest BCUT2D eigenvalue weighted by Crippen LogP contribution is 2.08. The van der Waals surface area contributed by atoms with E-state index in [4.69, 9.17) is 0 Å². The van der Waals surface area contributed by atoms with Crippen LogP contribution in [0.1, 0.15) is 13.3 Å². The quantitative estimate of drug-likeness (QED) is 0.853. The highest BCUT2D eigenvalue weighted by molar-refractivity contribution is 5.74. The molecule has 2 rings (SSSR count). The van der Waals surface area contributed by atoms with Crippen molar-refractivity contribution in [1.29, 1.82) is 0 Å². The van der Waals surface area contributed by atoms with Gasteiger partial charge >= 0.3 is 5.69 Å². The minimum atomic E-state index is -0.0175. The average molecular weight is 233 g/mol. The van der Waals surface area contributed by atoms with Gasteiger partial charge in [-0.25, -0.2) is 4.79 Å². The molecule has 4 nitrogen and oxygen atoms in total. The Labute approximate surface area is 101 Å². The number of hydrogen-bond donors (Lipinski definition) is 1. The van der Waals surface area contributed by atoms with Crippen LogP contribution in [0.2, 0.25) is 0 Å². The van der Waals surface area contributed by atoms with Crippen LogP contribution in [0, 0.1) is 0 Å². The van der Waals surface area contributed by atoms with E-state index in [9.17, 15) is 4.79 Å². The van der Waals surface area contributed by atoms with Crippen LogP contribution in [0.5, 0.6) is 0 Å². The number of nitrogens with one attached hydrogen (secondary N) is 1. The maximum Gasteiger partial charge on any atom is 0.326 e. The third-order valence-electron chi connectivity index (χ3n) is 2.99. The molecule has 17 heavy (non-hydrogen) atoms. The van der Waals surface area contributed by atoms with Gasteiger partial charge in [0.05, 0.1) is 11.0 Å². The zero-order valence-electron chi connectivity index (χ0n) is 10.4. The molecule has 92 valence electrons. The highest BCUT2D eigenvalue weighted by Gasteiger charge is 2.06. The molecule has 0 bridgehead atoms. The summed E-state index contributed by atoms with van der Waals surface area (Å²) in [5, 5.41) is 0. The maximum absolute atomic E-state index is 11.8. The first-order valence-electron chi connectivity index (χ1n) is 6.08. The van der Waals surface area contributed by atoms with Gasteiger partial charge in [0.2, 0.25) is 0 Å². The van der Waals surface area contributed by atoms with Gasteiger partial charge in [0, 0.05) is 13.1 Å². The third kappa shape index (κ3) is 2.58. The molecule has 0 aliphatic heterocycles. The van der Waals surface area contributed by atoms with Gasteiger partial charge in [0.15, 0.2) is 0 Å². The van der Waals surface area contributed by atoms with Crippen molar-refractivity contribution in [3.8, 4) is 0 Å². The Kier molecular flexibility index (Phi) is 3.64. The van der Waals surface area contributed by atoms with Crippen molar-refractivity contribution in [3.63, 3.8) is 0 Å². The predicted molar refractivity (Wildman–Crippen MR) is 70.3 cm³/mol. The van der Waals surface area contributed by atoms with E-state index in [1.807, 2.05) is 28.8 Å². The summed E-state index contributed by atoms with van der Waals surface area (Å²) in [5.74, 6) is 0. The number of aromatic amines is 1. The summed E-state index contributed by atoms with van der Waals surface area (Å²) in [5.41, 5.74) is 1.88. The van der Waals surface area contributed by atoms with Gasteiger partial charge in [0.1, 0.15) is 0 Å². The van der Waals surface area contributed by atoms with E-state index < -0.39 is 0 Å². The molecule has 0 fully saturated rings. The number of imidazole rings is 1. The van der Waals surface area contributed by atoms with Gasteiger partial charge in [-0.1, -0.05) is 19.1 Å². The number of rotatable bonds is 5. The first-order valence-corrected chi connectivity index (χ1v) is 6.08. The highest BCUT2D eigenvalue weighted by atomic mass is 16.1. The normalized spacial score (nSPS) is 11.5. The Bertz CT molecular complexity index is 541. The first kappa shape index (κ1) is 11.9. The van der Waals surface area contributed by atoms with Crippen molar-refractivity contribution in [2.75, 3.05) is 20.1 Å². The van der Waals surface area contributed by atoms with Crippen molar-refractivity contribution in [3.05, 3.63) is 34.7 Å². The Morgan fingerprint density at radius 3 is 2.82 bits per heavy atom. The summed E-state index contributed by atoms with van der Waals surface area (Å²) in [7, 11) is 2.09. The van der Waals surface area contributed by atoms with Crippen LogP contribution in [0.25, 0.3) is 11.0 Å². The van der Waals surface area contributed by atoms with Crippen molar-refractivity contribution in [1.82, 2.24) is 14.5 Å². The molecule has 0 radical (unpaired) electrons. The zero-order valence-corrected chi connectivity index (χ0v) is 10.4. The number of para-hydroxylation sites is 2. The maximum atomic E-state index is 11.8. The topological polar surface area (TPSA) is 41.0 Å². The number of hydrogen-bond acceptors (Lipinski definition) is 2. The molecule has 0 amide bonds. The summed E-state index contributed by atoms with van der Waals surface area (Å²) in [6, 6.07) is 7.81. The molecule has 0 saturated carbocycles. The lowest BCUT2D eigenvalue weighted by atomic mass is 10.3. The van der Waals surface area contributed by atoms with E-state index in [0.717, 1.165) is 37.1 Å². The van der Waals surface area contributed by atoms with Crippen molar-refractivity contribution in [2.45, 2.75) is 19.9 Å². The summed E-state index contributed by atoms with van der Waals surface area (Å²) in [6.07, 6.45) is 1.14. The van der Waals surface area contributed by atoms with Crippen LogP contribution in [-0.2, 0) is 6.54 Å². The summed E-state index contributed by atoms with van der Waals surface area (Å²) >= 11 is 0. The molecule has 0 unspecified atom stereocenters. The Balaban J connectivity index is 2.18. The van der Waals surface area contributed by atoms with Gasteiger partial charge in [0.25, 0.3) is 0 Å². The Morgan fingerprint density at radius 2 is 2.06 bits per heavy atom. The number of H-pyrrole nitrogens is 1. The van der Waals surface area contributed by atoms with E-state index >= 15 is 0 Å². The summed E-state index contributed by atoms with van der Waals surface area (Å²) < 4.78 is 1.81. The fourth-order valence-electron chi connectivity index (χ4n) is 2.09. The van der Waals surface area contributed by atoms with E-state index in [1.54, 1.807) is 0 Å². The molecule has 1 heterocycles. The van der Waals surface area contributed by atoms with Crippen molar-refractivity contribution >= 4 is 11.0 Å². The molecular formula is C13H19N3O. The van der Waals surface area contributed by atoms with Crippen molar-refractivity contribution in [2.24, 2.45) is 0 Å². The van der Waals surface area contributed by atoms with Crippen LogP contribution in [-0.4, -0.2) is 34.6 Å². The van der Waals surface area contributed by atoms with Gasteiger partial charge in [-0.15, -0.1) is 0 Å². The molecule has 2 aromatic rings. The lowest BCUT2D eigenvalue weighted by Gasteiger charge is -2.15. The van der Waals surface area contributed by atoms with E-state index in [2.05, 4.69) is 23.9 Å². The average Bonchev–Trinajstić information content (AvgIpc) is 2.62. The molecule has 0 aliphatic carbocycles.